The van der Waals surface area contributed by atoms with Gasteiger partial charge >= 0.3 is 5.69 Å². The SMILES string of the molecule is Cn1c(=O)c2c(nc(N/N=C\c3ccccc3)n2Cc2ccc(Cl)cc2)n(C)c1=O. The van der Waals surface area contributed by atoms with Crippen LogP contribution in [0, 0.1) is 0 Å². The molecular formula is C21H19ClN6O2. The molecule has 0 aliphatic rings. The standard InChI is InChI=1S/C21H19ClN6O2/c1-26-18-17(19(29)27(2)21(26)30)28(13-15-8-10-16(22)11-9-15)20(24-18)25-23-12-14-6-4-3-5-7-14/h3-12H,13H2,1-2H3,(H,24,25)/b23-12-. The molecule has 30 heavy (non-hydrogen) atoms. The van der Waals surface area contributed by atoms with Crippen LogP contribution in [0.25, 0.3) is 11.2 Å². The van der Waals surface area contributed by atoms with Gasteiger partial charge in [0.25, 0.3) is 5.56 Å². The molecule has 2 aromatic heterocycles. The first-order chi connectivity index (χ1) is 14.5. The number of halogens is 1. The van der Waals surface area contributed by atoms with E-state index in [9.17, 15) is 9.59 Å². The number of anilines is 1. The third-order valence-electron chi connectivity index (χ3n) is 4.78. The highest BCUT2D eigenvalue weighted by atomic mass is 35.5. The van der Waals surface area contributed by atoms with Gasteiger partial charge in [0, 0.05) is 19.1 Å². The van der Waals surface area contributed by atoms with E-state index in [-0.39, 0.29) is 5.65 Å². The lowest BCUT2D eigenvalue weighted by atomic mass is 10.2. The number of aryl methyl sites for hydroxylation is 1. The van der Waals surface area contributed by atoms with Crippen LogP contribution in [0.2, 0.25) is 5.02 Å². The predicted molar refractivity (Wildman–Crippen MR) is 118 cm³/mol. The number of benzene rings is 2. The van der Waals surface area contributed by atoms with Gasteiger partial charge in [-0.05, 0) is 23.3 Å². The Morgan fingerprint density at radius 1 is 1.03 bits per heavy atom. The first-order valence-corrected chi connectivity index (χ1v) is 9.58. The average Bonchev–Trinajstić information content (AvgIpc) is 3.11. The Morgan fingerprint density at radius 2 is 1.73 bits per heavy atom. The fraction of sp³-hybridized carbons (Fsp3) is 0.143. The lowest BCUT2D eigenvalue weighted by molar-refractivity contribution is 0.702. The summed E-state index contributed by atoms with van der Waals surface area (Å²) < 4.78 is 4.13. The monoisotopic (exact) mass is 422 g/mol. The Hall–Kier alpha value is -3.65. The highest BCUT2D eigenvalue weighted by Gasteiger charge is 2.19. The fourth-order valence-electron chi connectivity index (χ4n) is 3.16. The van der Waals surface area contributed by atoms with E-state index in [1.54, 1.807) is 30.0 Å². The van der Waals surface area contributed by atoms with Crippen molar-refractivity contribution >= 4 is 34.9 Å². The van der Waals surface area contributed by atoms with E-state index in [0.29, 0.717) is 23.0 Å². The number of fused-ring (bicyclic) bond motifs is 1. The Morgan fingerprint density at radius 3 is 2.43 bits per heavy atom. The molecule has 9 heteroatoms. The first-order valence-electron chi connectivity index (χ1n) is 9.20. The molecule has 1 N–H and O–H groups in total. The summed E-state index contributed by atoms with van der Waals surface area (Å²) in [7, 11) is 3.03. The maximum atomic E-state index is 12.9. The highest BCUT2D eigenvalue weighted by Crippen LogP contribution is 2.19. The molecule has 4 rings (SSSR count). The smallest absolute Gasteiger partial charge is 0.298 e. The van der Waals surface area contributed by atoms with E-state index in [0.717, 1.165) is 15.7 Å². The molecule has 0 spiro atoms. The lowest BCUT2D eigenvalue weighted by Gasteiger charge is -2.09. The minimum atomic E-state index is -0.442. The highest BCUT2D eigenvalue weighted by molar-refractivity contribution is 6.30. The van der Waals surface area contributed by atoms with Crippen molar-refractivity contribution in [1.29, 1.82) is 0 Å². The summed E-state index contributed by atoms with van der Waals surface area (Å²) in [5.74, 6) is 0.352. The molecule has 0 amide bonds. The van der Waals surface area contributed by atoms with E-state index in [4.69, 9.17) is 11.6 Å². The van der Waals surface area contributed by atoms with Crippen LogP contribution in [0.15, 0.2) is 69.3 Å². The molecule has 0 atom stereocenters. The van der Waals surface area contributed by atoms with Gasteiger partial charge in [-0.1, -0.05) is 54.1 Å². The molecule has 0 aliphatic heterocycles. The number of imidazole rings is 1. The largest absolute Gasteiger partial charge is 0.332 e. The molecule has 4 aromatic rings. The van der Waals surface area contributed by atoms with Gasteiger partial charge in [-0.15, -0.1) is 0 Å². The average molecular weight is 423 g/mol. The molecule has 8 nitrogen and oxygen atoms in total. The van der Waals surface area contributed by atoms with Gasteiger partial charge in [0.1, 0.15) is 0 Å². The summed E-state index contributed by atoms with van der Waals surface area (Å²) in [5, 5.41) is 4.88. The second-order valence-electron chi connectivity index (χ2n) is 6.81. The number of nitrogens with zero attached hydrogens (tertiary/aromatic N) is 5. The van der Waals surface area contributed by atoms with E-state index >= 15 is 0 Å². The maximum Gasteiger partial charge on any atom is 0.332 e. The normalized spacial score (nSPS) is 11.4. The zero-order chi connectivity index (χ0) is 21.3. The van der Waals surface area contributed by atoms with Crippen molar-refractivity contribution in [2.45, 2.75) is 6.54 Å². The summed E-state index contributed by atoms with van der Waals surface area (Å²) in [6, 6.07) is 16.9. The van der Waals surface area contributed by atoms with Gasteiger partial charge in [0.05, 0.1) is 12.8 Å². The summed E-state index contributed by atoms with van der Waals surface area (Å²) in [6.45, 7) is 0.351. The van der Waals surface area contributed by atoms with Crippen LogP contribution in [0.1, 0.15) is 11.1 Å². The molecular weight excluding hydrogens is 404 g/mol. The molecule has 0 saturated carbocycles. The third-order valence-corrected chi connectivity index (χ3v) is 5.03. The molecule has 0 aliphatic carbocycles. The Labute approximate surface area is 176 Å². The quantitative estimate of drug-likeness (QED) is 0.395. The second kappa shape index (κ2) is 8.00. The van der Waals surface area contributed by atoms with Crippen LogP contribution in [0.4, 0.5) is 5.95 Å². The maximum absolute atomic E-state index is 12.9. The minimum Gasteiger partial charge on any atom is -0.298 e. The second-order valence-corrected chi connectivity index (χ2v) is 7.24. The van der Waals surface area contributed by atoms with Gasteiger partial charge in [-0.2, -0.15) is 10.1 Å². The number of hydrogen-bond donors (Lipinski definition) is 1. The predicted octanol–water partition coefficient (Wildman–Crippen LogP) is 2.58. The topological polar surface area (TPSA) is 86.2 Å². The van der Waals surface area contributed by atoms with Crippen LogP contribution in [0.5, 0.6) is 0 Å². The number of hydrazone groups is 1. The minimum absolute atomic E-state index is 0.287. The molecule has 2 heterocycles. The van der Waals surface area contributed by atoms with Gasteiger partial charge < -0.3 is 0 Å². The fourth-order valence-corrected chi connectivity index (χ4v) is 3.29. The third kappa shape index (κ3) is 3.65. The van der Waals surface area contributed by atoms with Crippen molar-refractivity contribution in [3.8, 4) is 0 Å². The molecule has 0 radical (unpaired) electrons. The summed E-state index contributed by atoms with van der Waals surface area (Å²) in [6.07, 6.45) is 1.66. The summed E-state index contributed by atoms with van der Waals surface area (Å²) >= 11 is 5.99. The van der Waals surface area contributed by atoms with Gasteiger partial charge in [-0.3, -0.25) is 18.5 Å². The van der Waals surface area contributed by atoms with Crippen molar-refractivity contribution < 1.29 is 0 Å². The Bertz CT molecular complexity index is 1350. The van der Waals surface area contributed by atoms with Crippen molar-refractivity contribution in [2.75, 3.05) is 5.43 Å². The zero-order valence-electron chi connectivity index (χ0n) is 16.4. The van der Waals surface area contributed by atoms with E-state index < -0.39 is 11.2 Å². The van der Waals surface area contributed by atoms with Crippen molar-refractivity contribution in [3.05, 3.63) is 91.6 Å². The van der Waals surface area contributed by atoms with E-state index in [1.165, 1.54) is 11.6 Å². The van der Waals surface area contributed by atoms with Crippen LogP contribution < -0.4 is 16.7 Å². The summed E-state index contributed by atoms with van der Waals surface area (Å²) in [5.41, 5.74) is 4.47. The van der Waals surface area contributed by atoms with Crippen molar-refractivity contribution in [3.63, 3.8) is 0 Å². The number of nitrogens with one attached hydrogen (secondary N) is 1. The van der Waals surface area contributed by atoms with E-state index in [1.807, 2.05) is 42.5 Å². The molecule has 0 unspecified atom stereocenters. The van der Waals surface area contributed by atoms with Crippen molar-refractivity contribution in [2.24, 2.45) is 19.2 Å². The first kappa shape index (κ1) is 19.7. The van der Waals surface area contributed by atoms with Crippen molar-refractivity contribution in [1.82, 2.24) is 18.7 Å². The van der Waals surface area contributed by atoms with Crippen LogP contribution in [-0.4, -0.2) is 24.9 Å². The lowest BCUT2D eigenvalue weighted by Crippen LogP contribution is -2.37. The molecule has 2 aromatic carbocycles. The van der Waals surface area contributed by atoms with Crippen LogP contribution in [-0.2, 0) is 20.6 Å². The number of rotatable bonds is 5. The van der Waals surface area contributed by atoms with Gasteiger partial charge in [-0.25, -0.2) is 10.2 Å². The number of hydrogen-bond acceptors (Lipinski definition) is 5. The Kier molecular flexibility index (Phi) is 5.24. The number of aromatic nitrogens is 4. The zero-order valence-corrected chi connectivity index (χ0v) is 17.2. The molecule has 0 fully saturated rings. The van der Waals surface area contributed by atoms with Crippen LogP contribution in [0.3, 0.4) is 0 Å². The molecule has 0 bridgehead atoms. The molecule has 0 saturated heterocycles. The molecule has 152 valence electrons. The van der Waals surface area contributed by atoms with Gasteiger partial charge in [0.2, 0.25) is 5.95 Å². The summed E-state index contributed by atoms with van der Waals surface area (Å²) in [4.78, 5) is 29.7. The Balaban J connectivity index is 1.83. The van der Waals surface area contributed by atoms with Crippen LogP contribution >= 0.6 is 11.6 Å². The van der Waals surface area contributed by atoms with Gasteiger partial charge in [0.15, 0.2) is 11.2 Å². The van der Waals surface area contributed by atoms with E-state index in [2.05, 4.69) is 15.5 Å².